The van der Waals surface area contributed by atoms with E-state index in [0.29, 0.717) is 26.9 Å². The minimum atomic E-state index is -1.52. The van der Waals surface area contributed by atoms with Gasteiger partial charge in [0, 0.05) is 33.8 Å². The highest BCUT2D eigenvalue weighted by molar-refractivity contribution is 6.31. The molecule has 5 rings (SSSR count). The minimum Gasteiger partial charge on any atom is -0.481 e. The lowest BCUT2D eigenvalue weighted by molar-refractivity contribution is -0.144. The SMILES string of the molecule is O=C(O)CC[C@H]1N[C@]2(C(=O)Nc3ccc(Cl)cc32)[C@@H]2C(=O)N(Cc3ccccc3Cl)C(=O)[C@@H]21. The molecule has 33 heavy (non-hydrogen) atoms. The number of hydrogen-bond acceptors (Lipinski definition) is 5. The fourth-order valence-corrected chi connectivity index (χ4v) is 5.68. The first-order valence-corrected chi connectivity index (χ1v) is 11.2. The summed E-state index contributed by atoms with van der Waals surface area (Å²) in [5.41, 5.74) is 0.0629. The van der Waals surface area contributed by atoms with Crippen LogP contribution < -0.4 is 10.6 Å². The van der Waals surface area contributed by atoms with Crippen LogP contribution in [0.4, 0.5) is 5.69 Å². The molecule has 0 radical (unpaired) electrons. The monoisotopic (exact) mass is 487 g/mol. The molecule has 3 aliphatic heterocycles. The molecule has 8 nitrogen and oxygen atoms in total. The topological polar surface area (TPSA) is 116 Å². The number of halogens is 2. The van der Waals surface area contributed by atoms with Crippen molar-refractivity contribution in [1.29, 1.82) is 0 Å². The first-order valence-electron chi connectivity index (χ1n) is 10.4. The number of carbonyl (C=O) groups is 4. The highest BCUT2D eigenvalue weighted by Gasteiger charge is 2.70. The Balaban J connectivity index is 1.60. The Kier molecular flexibility index (Phi) is 5.19. The number of rotatable bonds is 5. The summed E-state index contributed by atoms with van der Waals surface area (Å²) < 4.78 is 0. The van der Waals surface area contributed by atoms with E-state index in [-0.39, 0.29) is 19.4 Å². The van der Waals surface area contributed by atoms with Crippen LogP contribution >= 0.6 is 23.2 Å². The Labute approximate surface area is 198 Å². The predicted molar refractivity (Wildman–Crippen MR) is 120 cm³/mol. The lowest BCUT2D eigenvalue weighted by Crippen LogP contribution is -2.53. The molecular weight excluding hydrogens is 469 g/mol. The number of fused-ring (bicyclic) bond motifs is 4. The summed E-state index contributed by atoms with van der Waals surface area (Å²) in [6.45, 7) is -0.0317. The molecule has 0 saturated carbocycles. The minimum absolute atomic E-state index is 0.0317. The maximum absolute atomic E-state index is 13.7. The highest BCUT2D eigenvalue weighted by Crippen LogP contribution is 2.54. The Morgan fingerprint density at radius 2 is 1.85 bits per heavy atom. The number of likely N-dealkylation sites (tertiary alicyclic amines) is 1. The number of nitrogens with zero attached hydrogens (tertiary/aromatic N) is 1. The molecule has 2 aromatic rings. The summed E-state index contributed by atoms with van der Waals surface area (Å²) >= 11 is 12.5. The fourth-order valence-electron chi connectivity index (χ4n) is 5.31. The molecular formula is C23H19Cl2N3O5. The van der Waals surface area contributed by atoms with E-state index in [4.69, 9.17) is 23.2 Å². The van der Waals surface area contributed by atoms with Crippen molar-refractivity contribution < 1.29 is 24.3 Å². The van der Waals surface area contributed by atoms with Gasteiger partial charge in [0.2, 0.25) is 17.7 Å². The third-order valence-corrected chi connectivity index (χ3v) is 7.33. The van der Waals surface area contributed by atoms with E-state index in [1.54, 1.807) is 42.5 Å². The van der Waals surface area contributed by atoms with Gasteiger partial charge in [-0.2, -0.15) is 0 Å². The summed E-state index contributed by atoms with van der Waals surface area (Å²) in [7, 11) is 0. The normalized spacial score (nSPS) is 27.8. The van der Waals surface area contributed by atoms with Crippen LogP contribution in [0.2, 0.25) is 10.0 Å². The van der Waals surface area contributed by atoms with Gasteiger partial charge in [0.15, 0.2) is 0 Å². The molecule has 2 fully saturated rings. The van der Waals surface area contributed by atoms with Gasteiger partial charge in [-0.1, -0.05) is 41.4 Å². The van der Waals surface area contributed by atoms with E-state index >= 15 is 0 Å². The van der Waals surface area contributed by atoms with Gasteiger partial charge in [0.05, 0.1) is 18.4 Å². The van der Waals surface area contributed by atoms with E-state index in [1.165, 1.54) is 0 Å². The number of aliphatic carboxylic acids is 1. The largest absolute Gasteiger partial charge is 0.481 e. The van der Waals surface area contributed by atoms with E-state index in [0.717, 1.165) is 4.90 Å². The molecule has 2 aromatic carbocycles. The van der Waals surface area contributed by atoms with Gasteiger partial charge in [-0.25, -0.2) is 0 Å². The zero-order chi connectivity index (χ0) is 23.5. The number of imide groups is 1. The number of hydrogen-bond donors (Lipinski definition) is 3. The molecule has 3 N–H and O–H groups in total. The number of benzene rings is 2. The second kappa shape index (κ2) is 7.83. The molecule has 2 saturated heterocycles. The third kappa shape index (κ3) is 3.24. The Morgan fingerprint density at radius 3 is 2.58 bits per heavy atom. The number of anilines is 1. The average Bonchev–Trinajstić information content (AvgIpc) is 3.34. The maximum Gasteiger partial charge on any atom is 0.303 e. The van der Waals surface area contributed by atoms with Crippen LogP contribution in [0.3, 0.4) is 0 Å². The molecule has 0 bridgehead atoms. The van der Waals surface area contributed by atoms with Crippen molar-refractivity contribution in [2.24, 2.45) is 11.8 Å². The first-order chi connectivity index (χ1) is 15.7. The third-order valence-electron chi connectivity index (χ3n) is 6.72. The summed E-state index contributed by atoms with van der Waals surface area (Å²) in [6.07, 6.45) is -0.132. The summed E-state index contributed by atoms with van der Waals surface area (Å²) in [5.74, 6) is -4.38. The maximum atomic E-state index is 13.7. The number of amides is 3. The molecule has 0 unspecified atom stereocenters. The average molecular weight is 488 g/mol. The van der Waals surface area contributed by atoms with Gasteiger partial charge in [-0.15, -0.1) is 0 Å². The Bertz CT molecular complexity index is 1220. The quantitative estimate of drug-likeness (QED) is 0.558. The van der Waals surface area contributed by atoms with E-state index in [2.05, 4.69) is 10.6 Å². The fraction of sp³-hybridized carbons (Fsp3) is 0.304. The summed E-state index contributed by atoms with van der Waals surface area (Å²) in [4.78, 5) is 52.9. The highest BCUT2D eigenvalue weighted by atomic mass is 35.5. The zero-order valence-electron chi connectivity index (χ0n) is 17.2. The molecule has 4 atom stereocenters. The summed E-state index contributed by atoms with van der Waals surface area (Å²) in [6, 6.07) is 11.1. The van der Waals surface area contributed by atoms with Crippen LogP contribution in [0.5, 0.6) is 0 Å². The Morgan fingerprint density at radius 1 is 1.09 bits per heavy atom. The Hall–Kier alpha value is -2.94. The van der Waals surface area contributed by atoms with Crippen LogP contribution in [0.15, 0.2) is 42.5 Å². The molecule has 3 aliphatic rings. The van der Waals surface area contributed by atoms with Crippen LogP contribution in [0, 0.1) is 11.8 Å². The van der Waals surface area contributed by atoms with E-state index < -0.39 is 47.1 Å². The molecule has 0 aliphatic carbocycles. The predicted octanol–water partition coefficient (Wildman–Crippen LogP) is 2.78. The van der Waals surface area contributed by atoms with Gasteiger partial charge in [0.1, 0.15) is 5.54 Å². The zero-order valence-corrected chi connectivity index (χ0v) is 18.7. The van der Waals surface area contributed by atoms with Crippen molar-refractivity contribution in [2.75, 3.05) is 5.32 Å². The number of carboxylic acid groups (broad SMARTS) is 1. The van der Waals surface area contributed by atoms with Crippen LogP contribution in [-0.4, -0.2) is 39.7 Å². The molecule has 10 heteroatoms. The van der Waals surface area contributed by atoms with Crippen molar-refractivity contribution in [3.8, 4) is 0 Å². The van der Waals surface area contributed by atoms with Crippen LogP contribution in [0.25, 0.3) is 0 Å². The van der Waals surface area contributed by atoms with Crippen LogP contribution in [-0.2, 0) is 31.3 Å². The lowest BCUT2D eigenvalue weighted by atomic mass is 9.76. The lowest BCUT2D eigenvalue weighted by Gasteiger charge is -2.29. The van der Waals surface area contributed by atoms with Gasteiger partial charge >= 0.3 is 5.97 Å². The second-order valence-electron chi connectivity index (χ2n) is 8.49. The molecule has 0 aromatic heterocycles. The van der Waals surface area contributed by atoms with Crippen molar-refractivity contribution in [2.45, 2.75) is 31.0 Å². The van der Waals surface area contributed by atoms with Gasteiger partial charge in [-0.05, 0) is 36.2 Å². The summed E-state index contributed by atoms with van der Waals surface area (Å²) in [5, 5.41) is 16.0. The van der Waals surface area contributed by atoms with Gasteiger partial charge in [-0.3, -0.25) is 29.4 Å². The smallest absolute Gasteiger partial charge is 0.303 e. The van der Waals surface area contributed by atoms with Crippen LogP contribution in [0.1, 0.15) is 24.0 Å². The second-order valence-corrected chi connectivity index (χ2v) is 9.34. The molecule has 170 valence electrons. The number of carboxylic acids is 1. The molecule has 3 heterocycles. The number of carbonyl (C=O) groups excluding carboxylic acids is 3. The molecule has 3 amide bonds. The van der Waals surface area contributed by atoms with Crippen molar-refractivity contribution in [3.05, 3.63) is 63.6 Å². The standard InChI is InChI=1S/C23H19Cl2N3O5/c24-12-5-6-15-13(9-12)23(22(33)26-15)19-18(16(27-23)7-8-17(29)30)20(31)28(21(19)32)10-11-3-1-2-4-14(11)25/h1-6,9,16,18-19,27H,7-8,10H2,(H,26,33)(H,29,30)/t16-,18-,19+,23+/m1/s1. The number of nitrogens with one attached hydrogen (secondary N) is 2. The van der Waals surface area contributed by atoms with Crippen molar-refractivity contribution in [3.63, 3.8) is 0 Å². The van der Waals surface area contributed by atoms with E-state index in [9.17, 15) is 24.3 Å². The van der Waals surface area contributed by atoms with E-state index in [1.807, 2.05) is 0 Å². The molecule has 1 spiro atoms. The van der Waals surface area contributed by atoms with Gasteiger partial charge < -0.3 is 10.4 Å². The van der Waals surface area contributed by atoms with Gasteiger partial charge in [0.25, 0.3) is 0 Å². The first kappa shape index (κ1) is 21.9. The van der Waals surface area contributed by atoms with Crippen molar-refractivity contribution in [1.82, 2.24) is 10.2 Å². The van der Waals surface area contributed by atoms with Crippen molar-refractivity contribution >= 4 is 52.6 Å².